The van der Waals surface area contributed by atoms with Crippen molar-refractivity contribution in [3.63, 3.8) is 0 Å². The first kappa shape index (κ1) is 12.5. The van der Waals surface area contributed by atoms with Gasteiger partial charge in [0.1, 0.15) is 0 Å². The lowest BCUT2D eigenvalue weighted by atomic mass is 9.78. The van der Waals surface area contributed by atoms with Gasteiger partial charge in [-0.3, -0.25) is 4.79 Å². The first-order valence-corrected chi connectivity index (χ1v) is 6.10. The third-order valence-electron chi connectivity index (χ3n) is 3.71. The maximum Gasteiger partial charge on any atom is 0.304 e. The van der Waals surface area contributed by atoms with Crippen LogP contribution in [0.3, 0.4) is 0 Å². The fourth-order valence-electron chi connectivity index (χ4n) is 2.32. The average molecular weight is 213 g/mol. The Labute approximate surface area is 92.0 Å². The Bertz CT molecular complexity index is 202. The molecule has 0 aromatic carbocycles. The minimum absolute atomic E-state index is 0.114. The molecule has 0 bridgehead atoms. The molecule has 1 fully saturated rings. The van der Waals surface area contributed by atoms with Crippen LogP contribution in [0.4, 0.5) is 0 Å². The zero-order valence-corrected chi connectivity index (χ0v) is 9.61. The van der Waals surface area contributed by atoms with Gasteiger partial charge in [-0.1, -0.05) is 39.0 Å². The highest BCUT2D eigenvalue weighted by molar-refractivity contribution is 5.67. The number of rotatable bonds is 7. The molecule has 0 saturated heterocycles. The van der Waals surface area contributed by atoms with Crippen LogP contribution >= 0.6 is 0 Å². The van der Waals surface area contributed by atoms with Crippen LogP contribution in [0, 0.1) is 11.8 Å². The Hall–Kier alpha value is -0.570. The largest absolute Gasteiger partial charge is 0.481 e. The monoisotopic (exact) mass is 213 g/mol. The van der Waals surface area contributed by atoms with Gasteiger partial charge < -0.3 is 10.8 Å². The molecular formula is C12H23NO2. The van der Waals surface area contributed by atoms with Crippen LogP contribution in [0.15, 0.2) is 0 Å². The summed E-state index contributed by atoms with van der Waals surface area (Å²) < 4.78 is 0. The van der Waals surface area contributed by atoms with Gasteiger partial charge in [-0.15, -0.1) is 0 Å². The van der Waals surface area contributed by atoms with Crippen molar-refractivity contribution < 1.29 is 9.90 Å². The molecule has 1 saturated carbocycles. The first-order chi connectivity index (χ1) is 7.13. The molecule has 3 N–H and O–H groups in total. The Kier molecular flexibility index (Phi) is 5.09. The van der Waals surface area contributed by atoms with Gasteiger partial charge in [-0.25, -0.2) is 0 Å². The molecule has 15 heavy (non-hydrogen) atoms. The third kappa shape index (κ3) is 4.20. The second kappa shape index (κ2) is 6.11. The van der Waals surface area contributed by atoms with E-state index in [1.807, 2.05) is 0 Å². The summed E-state index contributed by atoms with van der Waals surface area (Å²) in [7, 11) is 0. The molecule has 0 aromatic heterocycles. The van der Waals surface area contributed by atoms with E-state index in [4.69, 9.17) is 10.8 Å². The van der Waals surface area contributed by atoms with Crippen molar-refractivity contribution in [2.75, 3.05) is 0 Å². The number of hydrogen-bond acceptors (Lipinski definition) is 2. The summed E-state index contributed by atoms with van der Waals surface area (Å²) in [4.78, 5) is 10.6. The zero-order chi connectivity index (χ0) is 11.3. The Morgan fingerprint density at radius 1 is 1.53 bits per heavy atom. The highest BCUT2D eigenvalue weighted by Crippen LogP contribution is 2.32. The summed E-state index contributed by atoms with van der Waals surface area (Å²) in [6, 6.07) is -0.160. The predicted octanol–water partition coefficient (Wildman–Crippen LogP) is 2.39. The van der Waals surface area contributed by atoms with Gasteiger partial charge in [0.15, 0.2) is 0 Å². The number of carbonyl (C=O) groups is 1. The Balaban J connectivity index is 2.23. The maximum atomic E-state index is 10.6. The van der Waals surface area contributed by atoms with E-state index in [-0.39, 0.29) is 12.5 Å². The lowest BCUT2D eigenvalue weighted by Crippen LogP contribution is -2.32. The van der Waals surface area contributed by atoms with Crippen LogP contribution < -0.4 is 5.73 Å². The van der Waals surface area contributed by atoms with Crippen LogP contribution in [-0.2, 0) is 4.79 Å². The minimum atomic E-state index is -0.774. The summed E-state index contributed by atoms with van der Waals surface area (Å²) in [6.07, 6.45) is 7.57. The van der Waals surface area contributed by atoms with E-state index in [1.54, 1.807) is 0 Å². The number of aliphatic carboxylic acids is 1. The molecule has 0 heterocycles. The van der Waals surface area contributed by atoms with Gasteiger partial charge in [0.2, 0.25) is 0 Å². The molecule has 0 amide bonds. The van der Waals surface area contributed by atoms with E-state index >= 15 is 0 Å². The highest BCUT2D eigenvalue weighted by atomic mass is 16.4. The normalized spacial score (nSPS) is 20.7. The molecule has 1 aliphatic carbocycles. The van der Waals surface area contributed by atoms with Crippen molar-refractivity contribution in [2.45, 2.75) is 57.9 Å². The fraction of sp³-hybridized carbons (Fsp3) is 0.917. The SMILES string of the molecule is CCC(CCC1CCC1)C(N)CC(=O)O. The van der Waals surface area contributed by atoms with Crippen molar-refractivity contribution >= 4 is 5.97 Å². The molecule has 3 nitrogen and oxygen atoms in total. The summed E-state index contributed by atoms with van der Waals surface area (Å²) in [6.45, 7) is 2.10. The quantitative estimate of drug-likeness (QED) is 0.682. The number of nitrogens with two attached hydrogens (primary N) is 1. The van der Waals surface area contributed by atoms with Crippen molar-refractivity contribution in [3.8, 4) is 0 Å². The molecule has 2 unspecified atom stereocenters. The summed E-state index contributed by atoms with van der Waals surface area (Å²) in [5.74, 6) is 0.516. The minimum Gasteiger partial charge on any atom is -0.481 e. The molecular weight excluding hydrogens is 190 g/mol. The van der Waals surface area contributed by atoms with E-state index in [0.29, 0.717) is 5.92 Å². The van der Waals surface area contributed by atoms with Crippen molar-refractivity contribution in [3.05, 3.63) is 0 Å². The molecule has 3 heteroatoms. The van der Waals surface area contributed by atoms with Crippen molar-refractivity contribution in [1.29, 1.82) is 0 Å². The van der Waals surface area contributed by atoms with Crippen molar-refractivity contribution in [1.82, 2.24) is 0 Å². The van der Waals surface area contributed by atoms with Crippen LogP contribution in [0.25, 0.3) is 0 Å². The predicted molar refractivity (Wildman–Crippen MR) is 60.6 cm³/mol. The zero-order valence-electron chi connectivity index (χ0n) is 9.61. The van der Waals surface area contributed by atoms with Gasteiger partial charge in [0, 0.05) is 6.04 Å². The first-order valence-electron chi connectivity index (χ1n) is 6.10. The van der Waals surface area contributed by atoms with Gasteiger partial charge in [0.05, 0.1) is 6.42 Å². The summed E-state index contributed by atoms with van der Waals surface area (Å²) in [5, 5.41) is 8.68. The van der Waals surface area contributed by atoms with Crippen LogP contribution in [-0.4, -0.2) is 17.1 Å². The van der Waals surface area contributed by atoms with Gasteiger partial charge >= 0.3 is 5.97 Å². The van der Waals surface area contributed by atoms with Crippen LogP contribution in [0.2, 0.25) is 0 Å². The van der Waals surface area contributed by atoms with E-state index in [9.17, 15) is 4.79 Å². The molecule has 0 aliphatic heterocycles. The standard InChI is InChI=1S/C12H23NO2/c1-2-10(11(13)8-12(14)15)7-6-9-4-3-5-9/h9-11H,2-8,13H2,1H3,(H,14,15). The van der Waals surface area contributed by atoms with Gasteiger partial charge in [-0.2, -0.15) is 0 Å². The number of hydrogen-bond donors (Lipinski definition) is 2. The highest BCUT2D eigenvalue weighted by Gasteiger charge is 2.22. The second-order valence-electron chi connectivity index (χ2n) is 4.80. The molecule has 1 aliphatic rings. The third-order valence-corrected chi connectivity index (χ3v) is 3.71. The summed E-state index contributed by atoms with van der Waals surface area (Å²) >= 11 is 0. The topological polar surface area (TPSA) is 63.3 Å². The summed E-state index contributed by atoms with van der Waals surface area (Å²) in [5.41, 5.74) is 5.89. The second-order valence-corrected chi connectivity index (χ2v) is 4.80. The van der Waals surface area contributed by atoms with E-state index in [1.165, 1.54) is 25.7 Å². The molecule has 1 rings (SSSR count). The molecule has 2 atom stereocenters. The van der Waals surface area contributed by atoms with E-state index < -0.39 is 5.97 Å². The lowest BCUT2D eigenvalue weighted by Gasteiger charge is -2.28. The Morgan fingerprint density at radius 2 is 2.20 bits per heavy atom. The smallest absolute Gasteiger partial charge is 0.304 e. The Morgan fingerprint density at radius 3 is 2.60 bits per heavy atom. The molecule has 0 aromatic rings. The van der Waals surface area contributed by atoms with Gasteiger partial charge in [-0.05, 0) is 18.3 Å². The fourth-order valence-corrected chi connectivity index (χ4v) is 2.32. The van der Waals surface area contributed by atoms with Crippen molar-refractivity contribution in [2.24, 2.45) is 17.6 Å². The van der Waals surface area contributed by atoms with E-state index in [2.05, 4.69) is 6.92 Å². The molecule has 88 valence electrons. The van der Waals surface area contributed by atoms with Gasteiger partial charge in [0.25, 0.3) is 0 Å². The number of carboxylic acid groups (broad SMARTS) is 1. The number of carboxylic acids is 1. The maximum absolute atomic E-state index is 10.6. The average Bonchev–Trinajstić information content (AvgIpc) is 2.07. The van der Waals surface area contributed by atoms with E-state index in [0.717, 1.165) is 18.8 Å². The lowest BCUT2D eigenvalue weighted by molar-refractivity contribution is -0.137. The van der Waals surface area contributed by atoms with Crippen LogP contribution in [0.5, 0.6) is 0 Å². The molecule has 0 spiro atoms. The molecule has 0 radical (unpaired) electrons. The van der Waals surface area contributed by atoms with Crippen LogP contribution in [0.1, 0.15) is 51.9 Å².